The minimum Gasteiger partial charge on any atom is -0.319 e. The first kappa shape index (κ1) is 14.5. The van der Waals surface area contributed by atoms with Gasteiger partial charge in [0.25, 0.3) is 0 Å². The third-order valence-electron chi connectivity index (χ3n) is 4.90. The summed E-state index contributed by atoms with van der Waals surface area (Å²) in [7, 11) is 0. The van der Waals surface area contributed by atoms with E-state index in [1.54, 1.807) is 6.07 Å². The van der Waals surface area contributed by atoms with E-state index in [1.807, 2.05) is 11.0 Å². The topological polar surface area (TPSA) is 32.3 Å². The summed E-state index contributed by atoms with van der Waals surface area (Å²) < 4.78 is 13.5. The molecule has 1 aromatic rings. The molecular weight excluding hydrogens is 267 g/mol. The molecule has 3 unspecified atom stereocenters. The van der Waals surface area contributed by atoms with Crippen LogP contribution in [0.4, 0.5) is 4.39 Å². The molecule has 3 nitrogen and oxygen atoms in total. The minimum atomic E-state index is -0.247. The Labute approximate surface area is 125 Å². The Bertz CT molecular complexity index is 519. The molecule has 1 saturated carbocycles. The van der Waals surface area contributed by atoms with Gasteiger partial charge in [-0.05, 0) is 36.5 Å². The van der Waals surface area contributed by atoms with E-state index in [2.05, 4.69) is 12.2 Å². The van der Waals surface area contributed by atoms with Crippen LogP contribution in [0.2, 0.25) is 0 Å². The van der Waals surface area contributed by atoms with Gasteiger partial charge < -0.3 is 4.90 Å². The quantitative estimate of drug-likeness (QED) is 0.927. The number of rotatable bonds is 3. The van der Waals surface area contributed by atoms with Crippen molar-refractivity contribution < 1.29 is 9.18 Å². The average Bonchev–Trinajstić information content (AvgIpc) is 2.89. The van der Waals surface area contributed by atoms with Crippen molar-refractivity contribution in [3.63, 3.8) is 0 Å². The molecule has 3 rings (SSSR count). The highest BCUT2D eigenvalue weighted by molar-refractivity contribution is 5.81. The largest absolute Gasteiger partial charge is 0.319 e. The SMILES string of the molecule is CCC1CCCC(N2C(=O)CNC2c2cccc(F)c2)C1. The van der Waals surface area contributed by atoms with Gasteiger partial charge in [-0.1, -0.05) is 38.3 Å². The molecule has 1 saturated heterocycles. The molecule has 0 radical (unpaired) electrons. The average molecular weight is 290 g/mol. The minimum absolute atomic E-state index is 0.144. The van der Waals surface area contributed by atoms with Crippen molar-refractivity contribution >= 4 is 5.91 Å². The predicted octanol–water partition coefficient (Wildman–Crippen LogP) is 3.22. The van der Waals surface area contributed by atoms with Gasteiger partial charge in [-0.25, -0.2) is 4.39 Å². The highest BCUT2D eigenvalue weighted by atomic mass is 19.1. The summed E-state index contributed by atoms with van der Waals surface area (Å²) in [5, 5.41) is 3.24. The molecule has 1 aliphatic heterocycles. The monoisotopic (exact) mass is 290 g/mol. The lowest BCUT2D eigenvalue weighted by atomic mass is 9.83. The second kappa shape index (κ2) is 6.14. The van der Waals surface area contributed by atoms with E-state index in [0.717, 1.165) is 18.4 Å². The van der Waals surface area contributed by atoms with Crippen molar-refractivity contribution in [2.45, 2.75) is 51.2 Å². The summed E-state index contributed by atoms with van der Waals surface area (Å²) in [6, 6.07) is 6.87. The van der Waals surface area contributed by atoms with E-state index in [9.17, 15) is 9.18 Å². The first-order valence-electron chi connectivity index (χ1n) is 7.99. The first-order valence-corrected chi connectivity index (χ1v) is 7.99. The molecule has 2 aliphatic rings. The van der Waals surface area contributed by atoms with Gasteiger partial charge in [0.15, 0.2) is 0 Å². The maximum atomic E-state index is 13.5. The Hall–Kier alpha value is -1.42. The van der Waals surface area contributed by atoms with Crippen LogP contribution in [0, 0.1) is 11.7 Å². The number of nitrogens with zero attached hydrogens (tertiary/aromatic N) is 1. The van der Waals surface area contributed by atoms with Crippen molar-refractivity contribution in [2.75, 3.05) is 6.54 Å². The highest BCUT2D eigenvalue weighted by Crippen LogP contribution is 2.35. The number of hydrogen-bond acceptors (Lipinski definition) is 2. The van der Waals surface area contributed by atoms with Crippen LogP contribution in [0.25, 0.3) is 0 Å². The molecule has 1 amide bonds. The molecule has 1 N–H and O–H groups in total. The van der Waals surface area contributed by atoms with Gasteiger partial charge in [0.1, 0.15) is 12.0 Å². The van der Waals surface area contributed by atoms with E-state index in [1.165, 1.54) is 31.4 Å². The summed E-state index contributed by atoms with van der Waals surface area (Å²) in [6.45, 7) is 2.58. The van der Waals surface area contributed by atoms with Crippen molar-refractivity contribution in [3.8, 4) is 0 Å². The molecule has 21 heavy (non-hydrogen) atoms. The van der Waals surface area contributed by atoms with Gasteiger partial charge in [-0.15, -0.1) is 0 Å². The van der Waals surface area contributed by atoms with Crippen LogP contribution < -0.4 is 5.32 Å². The maximum absolute atomic E-state index is 13.5. The number of amides is 1. The van der Waals surface area contributed by atoms with Crippen LogP contribution in [-0.2, 0) is 4.79 Å². The number of hydrogen-bond donors (Lipinski definition) is 1. The fourth-order valence-electron chi connectivity index (χ4n) is 3.77. The Morgan fingerprint density at radius 3 is 3.00 bits per heavy atom. The van der Waals surface area contributed by atoms with E-state index in [-0.39, 0.29) is 17.9 Å². The Kier molecular flexibility index (Phi) is 4.24. The van der Waals surface area contributed by atoms with Crippen molar-refractivity contribution in [1.29, 1.82) is 0 Å². The normalized spacial score (nSPS) is 29.9. The summed E-state index contributed by atoms with van der Waals surface area (Å²) in [5.74, 6) is 0.611. The number of carbonyl (C=O) groups is 1. The van der Waals surface area contributed by atoms with Gasteiger partial charge >= 0.3 is 0 Å². The van der Waals surface area contributed by atoms with Crippen LogP contribution >= 0.6 is 0 Å². The Morgan fingerprint density at radius 2 is 2.24 bits per heavy atom. The second-order valence-electron chi connectivity index (χ2n) is 6.23. The molecule has 1 heterocycles. The summed E-state index contributed by atoms with van der Waals surface area (Å²) in [5.41, 5.74) is 0.847. The number of halogens is 1. The van der Waals surface area contributed by atoms with Crippen LogP contribution in [0.5, 0.6) is 0 Å². The van der Waals surface area contributed by atoms with E-state index in [0.29, 0.717) is 18.5 Å². The van der Waals surface area contributed by atoms with Crippen LogP contribution in [0.1, 0.15) is 50.8 Å². The van der Waals surface area contributed by atoms with Crippen molar-refractivity contribution in [2.24, 2.45) is 5.92 Å². The lowest BCUT2D eigenvalue weighted by Crippen LogP contribution is -2.42. The van der Waals surface area contributed by atoms with Crippen molar-refractivity contribution in [3.05, 3.63) is 35.6 Å². The standard InChI is InChI=1S/C17H23FN2O/c1-2-12-5-3-8-15(9-12)20-16(21)11-19-17(20)13-6-4-7-14(18)10-13/h4,6-7,10,12,15,17,19H,2-3,5,8-9,11H2,1H3. The molecule has 0 spiro atoms. The van der Waals surface area contributed by atoms with Crippen molar-refractivity contribution in [1.82, 2.24) is 10.2 Å². The van der Waals surface area contributed by atoms with E-state index in [4.69, 9.17) is 0 Å². The highest BCUT2D eigenvalue weighted by Gasteiger charge is 2.38. The molecule has 0 aromatic heterocycles. The van der Waals surface area contributed by atoms with Crippen LogP contribution in [0.15, 0.2) is 24.3 Å². The Morgan fingerprint density at radius 1 is 1.38 bits per heavy atom. The number of nitrogens with one attached hydrogen (secondary N) is 1. The zero-order valence-corrected chi connectivity index (χ0v) is 12.5. The fraction of sp³-hybridized carbons (Fsp3) is 0.588. The molecule has 4 heteroatoms. The summed E-state index contributed by atoms with van der Waals surface area (Å²) in [4.78, 5) is 14.3. The molecule has 0 bridgehead atoms. The van der Waals surface area contributed by atoms with Crippen LogP contribution in [-0.4, -0.2) is 23.4 Å². The lowest BCUT2D eigenvalue weighted by molar-refractivity contribution is -0.131. The zero-order valence-electron chi connectivity index (χ0n) is 12.5. The van der Waals surface area contributed by atoms with Gasteiger partial charge in [0.2, 0.25) is 5.91 Å². The summed E-state index contributed by atoms with van der Waals surface area (Å²) >= 11 is 0. The fourth-order valence-corrected chi connectivity index (χ4v) is 3.77. The van der Waals surface area contributed by atoms with E-state index >= 15 is 0 Å². The first-order chi connectivity index (χ1) is 10.2. The van der Waals surface area contributed by atoms with Gasteiger partial charge in [-0.3, -0.25) is 10.1 Å². The second-order valence-corrected chi connectivity index (χ2v) is 6.23. The molecule has 114 valence electrons. The molecule has 1 aliphatic carbocycles. The van der Waals surface area contributed by atoms with Gasteiger partial charge in [0, 0.05) is 6.04 Å². The van der Waals surface area contributed by atoms with Gasteiger partial charge in [-0.2, -0.15) is 0 Å². The molecule has 2 fully saturated rings. The maximum Gasteiger partial charge on any atom is 0.238 e. The Balaban J connectivity index is 1.82. The lowest BCUT2D eigenvalue weighted by Gasteiger charge is -2.38. The zero-order chi connectivity index (χ0) is 14.8. The van der Waals surface area contributed by atoms with Gasteiger partial charge in [0.05, 0.1) is 6.54 Å². The molecule has 1 aromatic carbocycles. The third kappa shape index (κ3) is 2.95. The smallest absolute Gasteiger partial charge is 0.238 e. The third-order valence-corrected chi connectivity index (χ3v) is 4.90. The van der Waals surface area contributed by atoms with E-state index < -0.39 is 0 Å². The molecule has 3 atom stereocenters. The molecular formula is C17H23FN2O. The van der Waals surface area contributed by atoms with Crippen LogP contribution in [0.3, 0.4) is 0 Å². The number of carbonyl (C=O) groups excluding carboxylic acids is 1. The summed E-state index contributed by atoms with van der Waals surface area (Å²) in [6.07, 6.45) is 5.60. The number of benzene rings is 1. The predicted molar refractivity (Wildman–Crippen MR) is 80.0 cm³/mol.